The van der Waals surface area contributed by atoms with Crippen LogP contribution in [0.15, 0.2) is 29.3 Å². The van der Waals surface area contributed by atoms with Crippen LogP contribution in [-0.2, 0) is 0 Å². The summed E-state index contributed by atoms with van der Waals surface area (Å²) in [6, 6.07) is 5.79. The molecule has 0 saturated heterocycles. The second-order valence-corrected chi connectivity index (χ2v) is 5.18. The van der Waals surface area contributed by atoms with E-state index in [1.165, 1.54) is 17.7 Å². The van der Waals surface area contributed by atoms with Gasteiger partial charge >= 0.3 is 0 Å². The highest BCUT2D eigenvalue weighted by molar-refractivity contribution is 7.25. The number of aromatic amines is 1. The number of hydrogen-bond acceptors (Lipinski definition) is 5. The quantitative estimate of drug-likeness (QED) is 0.712. The van der Waals surface area contributed by atoms with Crippen LogP contribution in [0.4, 0.5) is 0 Å². The Hall–Kier alpha value is -1.92. The number of rotatable bonds is 4. The lowest BCUT2D eigenvalue weighted by Crippen LogP contribution is -2.06. The van der Waals surface area contributed by atoms with Crippen molar-refractivity contribution in [2.24, 2.45) is 5.73 Å². The van der Waals surface area contributed by atoms with Crippen LogP contribution in [0.25, 0.3) is 20.3 Å². The summed E-state index contributed by atoms with van der Waals surface area (Å²) < 4.78 is 7.38. The first-order valence-corrected chi connectivity index (χ1v) is 6.84. The van der Waals surface area contributed by atoms with Gasteiger partial charge < -0.3 is 15.5 Å². The topological polar surface area (TPSA) is 81.0 Å². The predicted molar refractivity (Wildman–Crippen MR) is 76.9 cm³/mol. The average molecular weight is 275 g/mol. The van der Waals surface area contributed by atoms with Crippen LogP contribution >= 0.6 is 11.3 Å². The Kier molecular flexibility index (Phi) is 3.18. The fourth-order valence-electron chi connectivity index (χ4n) is 1.99. The molecule has 3 rings (SSSR count). The van der Waals surface area contributed by atoms with E-state index in [1.807, 2.05) is 18.2 Å². The van der Waals surface area contributed by atoms with Crippen molar-refractivity contribution in [3.8, 4) is 5.75 Å². The van der Waals surface area contributed by atoms with Crippen molar-refractivity contribution in [2.75, 3.05) is 13.2 Å². The van der Waals surface area contributed by atoms with Crippen molar-refractivity contribution in [2.45, 2.75) is 6.42 Å². The lowest BCUT2D eigenvalue weighted by Gasteiger charge is -2.06. The Morgan fingerprint density at radius 1 is 1.42 bits per heavy atom. The number of H-pyrrole nitrogens is 1. The third-order valence-corrected chi connectivity index (χ3v) is 4.00. The lowest BCUT2D eigenvalue weighted by molar-refractivity contribution is 0.317. The van der Waals surface area contributed by atoms with E-state index in [9.17, 15) is 4.79 Å². The van der Waals surface area contributed by atoms with E-state index in [4.69, 9.17) is 10.5 Å². The Bertz CT molecular complexity index is 778. The summed E-state index contributed by atoms with van der Waals surface area (Å²) in [7, 11) is 0. The highest BCUT2D eigenvalue weighted by atomic mass is 32.1. The summed E-state index contributed by atoms with van der Waals surface area (Å²) in [5.41, 5.74) is 6.05. The van der Waals surface area contributed by atoms with Crippen molar-refractivity contribution in [1.29, 1.82) is 0 Å². The van der Waals surface area contributed by atoms with E-state index in [0.717, 1.165) is 22.3 Å². The number of hydrogen-bond donors (Lipinski definition) is 2. The SMILES string of the molecule is NCCCOc1cccc2sc3c(=O)[nH]cnc3c12. The Balaban J connectivity index is 2.20. The fraction of sp³-hybridized carbons (Fsp3) is 0.231. The maximum Gasteiger partial charge on any atom is 0.268 e. The molecule has 0 fully saturated rings. The van der Waals surface area contributed by atoms with E-state index < -0.39 is 0 Å². The minimum Gasteiger partial charge on any atom is -0.493 e. The van der Waals surface area contributed by atoms with Gasteiger partial charge in [0.25, 0.3) is 5.56 Å². The van der Waals surface area contributed by atoms with Gasteiger partial charge in [0.15, 0.2) is 0 Å². The molecule has 0 aliphatic rings. The maximum atomic E-state index is 11.8. The smallest absolute Gasteiger partial charge is 0.268 e. The van der Waals surface area contributed by atoms with E-state index in [1.54, 1.807) is 0 Å². The first-order valence-electron chi connectivity index (χ1n) is 6.03. The molecule has 0 amide bonds. The molecule has 98 valence electrons. The number of fused-ring (bicyclic) bond motifs is 3. The molecule has 6 heteroatoms. The third-order valence-electron chi connectivity index (χ3n) is 2.85. The molecule has 0 spiro atoms. The lowest BCUT2D eigenvalue weighted by atomic mass is 10.2. The summed E-state index contributed by atoms with van der Waals surface area (Å²) in [4.78, 5) is 18.6. The minimum atomic E-state index is -0.112. The zero-order chi connectivity index (χ0) is 13.2. The van der Waals surface area contributed by atoms with Crippen LogP contribution in [0, 0.1) is 0 Å². The van der Waals surface area contributed by atoms with Gasteiger partial charge in [-0.3, -0.25) is 4.79 Å². The number of nitrogens with two attached hydrogens (primary N) is 1. The molecule has 0 radical (unpaired) electrons. The van der Waals surface area contributed by atoms with E-state index >= 15 is 0 Å². The number of benzene rings is 1. The molecule has 5 nitrogen and oxygen atoms in total. The molecule has 0 bridgehead atoms. The summed E-state index contributed by atoms with van der Waals surface area (Å²) in [6.07, 6.45) is 2.22. The van der Waals surface area contributed by atoms with Gasteiger partial charge in [-0.25, -0.2) is 4.98 Å². The zero-order valence-corrected chi connectivity index (χ0v) is 11.0. The van der Waals surface area contributed by atoms with Crippen molar-refractivity contribution >= 4 is 31.6 Å². The summed E-state index contributed by atoms with van der Waals surface area (Å²) in [5, 5.41) is 0.908. The van der Waals surface area contributed by atoms with Crippen LogP contribution in [0.3, 0.4) is 0 Å². The van der Waals surface area contributed by atoms with E-state index in [-0.39, 0.29) is 5.56 Å². The highest BCUT2D eigenvalue weighted by Crippen LogP contribution is 2.36. The zero-order valence-electron chi connectivity index (χ0n) is 10.2. The van der Waals surface area contributed by atoms with Crippen molar-refractivity contribution in [1.82, 2.24) is 9.97 Å². The molecule has 19 heavy (non-hydrogen) atoms. The van der Waals surface area contributed by atoms with Crippen LogP contribution in [-0.4, -0.2) is 23.1 Å². The molecule has 0 saturated carbocycles. The van der Waals surface area contributed by atoms with Gasteiger partial charge in [-0.15, -0.1) is 11.3 Å². The standard InChI is InChI=1S/C13H13N3O2S/c14-5-2-6-18-8-3-1-4-9-10(8)11-12(19-9)13(17)16-7-15-11/h1,3-4,7H,2,5-6,14H2,(H,15,16,17). The van der Waals surface area contributed by atoms with Crippen molar-refractivity contribution < 1.29 is 4.74 Å². The van der Waals surface area contributed by atoms with Gasteiger partial charge in [-0.2, -0.15) is 0 Å². The van der Waals surface area contributed by atoms with Gasteiger partial charge in [-0.05, 0) is 25.1 Å². The number of aromatic nitrogens is 2. The van der Waals surface area contributed by atoms with Crippen LogP contribution < -0.4 is 16.0 Å². The molecule has 0 unspecified atom stereocenters. The Morgan fingerprint density at radius 3 is 3.16 bits per heavy atom. The first-order chi connectivity index (χ1) is 9.31. The fourth-order valence-corrected chi connectivity index (χ4v) is 3.05. The molecule has 3 N–H and O–H groups in total. The van der Waals surface area contributed by atoms with E-state index in [2.05, 4.69) is 9.97 Å². The number of nitrogens with zero attached hydrogens (tertiary/aromatic N) is 1. The van der Waals surface area contributed by atoms with Crippen LogP contribution in [0.5, 0.6) is 5.75 Å². The number of ether oxygens (including phenoxy) is 1. The summed E-state index contributed by atoms with van der Waals surface area (Å²) in [5.74, 6) is 0.760. The summed E-state index contributed by atoms with van der Waals surface area (Å²) in [6.45, 7) is 1.16. The predicted octanol–water partition coefficient (Wildman–Crippen LogP) is 1.87. The molecule has 3 aromatic rings. The molecule has 0 aliphatic heterocycles. The largest absolute Gasteiger partial charge is 0.493 e. The molecule has 0 atom stereocenters. The van der Waals surface area contributed by atoms with Crippen molar-refractivity contribution in [3.63, 3.8) is 0 Å². The molecular weight excluding hydrogens is 262 g/mol. The van der Waals surface area contributed by atoms with Gasteiger partial charge in [0.1, 0.15) is 10.4 Å². The molecule has 0 aliphatic carbocycles. The molecular formula is C13H13N3O2S. The summed E-state index contributed by atoms with van der Waals surface area (Å²) >= 11 is 1.43. The van der Waals surface area contributed by atoms with Gasteiger partial charge in [0, 0.05) is 4.70 Å². The Morgan fingerprint density at radius 2 is 2.32 bits per heavy atom. The van der Waals surface area contributed by atoms with Gasteiger partial charge in [-0.1, -0.05) is 6.07 Å². The van der Waals surface area contributed by atoms with Crippen LogP contribution in [0.2, 0.25) is 0 Å². The Labute approximate surface area is 113 Å². The van der Waals surface area contributed by atoms with Crippen molar-refractivity contribution in [3.05, 3.63) is 34.9 Å². The molecule has 2 heterocycles. The van der Waals surface area contributed by atoms with Crippen LogP contribution in [0.1, 0.15) is 6.42 Å². The number of thiophene rings is 1. The van der Waals surface area contributed by atoms with E-state index in [0.29, 0.717) is 23.4 Å². The third kappa shape index (κ3) is 2.09. The monoisotopic (exact) mass is 275 g/mol. The molecule has 1 aromatic carbocycles. The first kappa shape index (κ1) is 12.1. The average Bonchev–Trinajstić information content (AvgIpc) is 2.80. The van der Waals surface area contributed by atoms with Gasteiger partial charge in [0.05, 0.1) is 23.8 Å². The van der Waals surface area contributed by atoms with Gasteiger partial charge in [0.2, 0.25) is 0 Å². The minimum absolute atomic E-state index is 0.112. The second kappa shape index (κ2) is 4.99. The second-order valence-electron chi connectivity index (χ2n) is 4.13. The normalized spacial score (nSPS) is 11.2. The number of nitrogens with one attached hydrogen (secondary N) is 1. The highest BCUT2D eigenvalue weighted by Gasteiger charge is 2.13. The molecule has 2 aromatic heterocycles. The maximum absolute atomic E-state index is 11.8.